The van der Waals surface area contributed by atoms with E-state index in [9.17, 15) is 0 Å². The molecule has 2 aromatic carbocycles. The molecule has 1 unspecified atom stereocenters. The summed E-state index contributed by atoms with van der Waals surface area (Å²) in [6.07, 6.45) is 2.21. The molecule has 7 heteroatoms. The van der Waals surface area contributed by atoms with Crippen molar-refractivity contribution in [1.82, 2.24) is 4.98 Å². The molecule has 0 amide bonds. The van der Waals surface area contributed by atoms with Crippen LogP contribution in [0.25, 0.3) is 10.9 Å². The average molecular weight is 468 g/mol. The fraction of sp³-hybridized carbons (Fsp3) is 0.385. The molecule has 2 heterocycles. The van der Waals surface area contributed by atoms with E-state index in [4.69, 9.17) is 24.5 Å². The Morgan fingerprint density at radius 2 is 1.94 bits per heavy atom. The first-order valence-electron chi connectivity index (χ1n) is 11.0. The Morgan fingerprint density at radius 3 is 2.70 bits per heavy atom. The van der Waals surface area contributed by atoms with Crippen molar-refractivity contribution in [1.29, 1.82) is 5.26 Å². The van der Waals surface area contributed by atoms with E-state index in [-0.39, 0.29) is 18.5 Å². The molecule has 1 atom stereocenters. The number of nitriles is 1. The van der Waals surface area contributed by atoms with Crippen molar-refractivity contribution in [3.05, 3.63) is 65.4 Å². The summed E-state index contributed by atoms with van der Waals surface area (Å²) < 4.78 is 17.1. The number of hydrogen-bond donors (Lipinski definition) is 0. The summed E-state index contributed by atoms with van der Waals surface area (Å²) in [5.41, 5.74) is 4.80. The van der Waals surface area contributed by atoms with Crippen molar-refractivity contribution < 1.29 is 14.2 Å². The number of aromatic nitrogens is 1. The van der Waals surface area contributed by atoms with Crippen molar-refractivity contribution in [2.75, 3.05) is 38.3 Å². The molecule has 1 aliphatic rings. The Balaban J connectivity index is 0.00000306. The first kappa shape index (κ1) is 24.8. The summed E-state index contributed by atoms with van der Waals surface area (Å²) in [5.74, 6) is 0.784. The van der Waals surface area contributed by atoms with Crippen LogP contribution >= 0.6 is 12.4 Å². The number of hydrogen-bond acceptors (Lipinski definition) is 6. The topological polar surface area (TPSA) is 67.6 Å². The van der Waals surface area contributed by atoms with Crippen LogP contribution in [-0.2, 0) is 16.1 Å². The first-order chi connectivity index (χ1) is 15.7. The normalized spacial score (nSPS) is 15.3. The minimum Gasteiger partial charge on any atom is -0.489 e. The third-order valence-corrected chi connectivity index (χ3v) is 5.71. The highest BCUT2D eigenvalue weighted by Crippen LogP contribution is 2.32. The summed E-state index contributed by atoms with van der Waals surface area (Å²) in [6.45, 7) is 5.82. The van der Waals surface area contributed by atoms with E-state index in [1.807, 2.05) is 31.2 Å². The van der Waals surface area contributed by atoms with Gasteiger partial charge in [0, 0.05) is 56.2 Å². The van der Waals surface area contributed by atoms with Crippen LogP contribution < -0.4 is 9.64 Å². The highest BCUT2D eigenvalue weighted by atomic mass is 35.5. The molecule has 0 saturated carbocycles. The number of halogens is 1. The number of aryl methyl sites for hydroxylation is 1. The lowest BCUT2D eigenvalue weighted by Gasteiger charge is -2.21. The Morgan fingerprint density at radius 1 is 1.12 bits per heavy atom. The fourth-order valence-corrected chi connectivity index (χ4v) is 4.05. The largest absolute Gasteiger partial charge is 0.489 e. The summed E-state index contributed by atoms with van der Waals surface area (Å²) in [5, 5.41) is 10.1. The molecule has 4 rings (SSSR count). The minimum absolute atomic E-state index is 0. The number of fused-ring (bicyclic) bond motifs is 1. The summed E-state index contributed by atoms with van der Waals surface area (Å²) >= 11 is 0. The summed E-state index contributed by atoms with van der Waals surface area (Å²) in [4.78, 5) is 7.15. The third kappa shape index (κ3) is 6.35. The molecule has 1 aliphatic heterocycles. The van der Waals surface area contributed by atoms with Crippen molar-refractivity contribution in [2.45, 2.75) is 32.5 Å². The van der Waals surface area contributed by atoms with Crippen LogP contribution in [-0.4, -0.2) is 44.5 Å². The zero-order valence-corrected chi connectivity index (χ0v) is 19.9. The average Bonchev–Trinajstić information content (AvgIpc) is 3.29. The van der Waals surface area contributed by atoms with Gasteiger partial charge in [-0.05, 0) is 55.7 Å². The van der Waals surface area contributed by atoms with Gasteiger partial charge in [-0.3, -0.25) is 4.98 Å². The van der Waals surface area contributed by atoms with E-state index in [1.165, 1.54) is 5.69 Å². The second-order valence-corrected chi connectivity index (χ2v) is 8.13. The lowest BCUT2D eigenvalue weighted by Crippen LogP contribution is -2.23. The Bertz CT molecular complexity index is 1100. The van der Waals surface area contributed by atoms with Gasteiger partial charge in [0.15, 0.2) is 0 Å². The lowest BCUT2D eigenvalue weighted by atomic mass is 10.1. The van der Waals surface area contributed by atoms with E-state index in [0.717, 1.165) is 67.1 Å². The highest BCUT2D eigenvalue weighted by Gasteiger charge is 2.25. The van der Waals surface area contributed by atoms with E-state index in [2.05, 4.69) is 23.1 Å². The second kappa shape index (κ2) is 11.9. The van der Waals surface area contributed by atoms with Gasteiger partial charge in [0.05, 0.1) is 23.3 Å². The molecule has 1 aromatic heterocycles. The predicted octanol–water partition coefficient (Wildman–Crippen LogP) is 5.05. The number of ether oxygens (including phenoxy) is 3. The van der Waals surface area contributed by atoms with Crippen LogP contribution in [0.15, 0.2) is 48.5 Å². The predicted molar refractivity (Wildman–Crippen MR) is 132 cm³/mol. The molecule has 0 N–H and O–H groups in total. The van der Waals surface area contributed by atoms with E-state index in [1.54, 1.807) is 19.2 Å². The van der Waals surface area contributed by atoms with E-state index in [0.29, 0.717) is 12.2 Å². The Hall–Kier alpha value is -2.85. The zero-order chi connectivity index (χ0) is 22.3. The lowest BCUT2D eigenvalue weighted by molar-refractivity contribution is 0.0523. The molecular formula is C26H30ClN3O3. The SMILES string of the molecule is COCCCOC1CCN(c2cc(C)nc3cc(OCc4ccc(C#N)cc4)ccc23)C1.Cl. The number of rotatable bonds is 9. The second-order valence-electron chi connectivity index (χ2n) is 8.13. The minimum atomic E-state index is 0. The van der Waals surface area contributed by atoms with Crippen molar-refractivity contribution in [2.24, 2.45) is 0 Å². The first-order valence-corrected chi connectivity index (χ1v) is 11.0. The maximum absolute atomic E-state index is 8.93. The molecule has 3 aromatic rings. The Kier molecular flexibility index (Phi) is 8.90. The van der Waals surface area contributed by atoms with Gasteiger partial charge >= 0.3 is 0 Å². The third-order valence-electron chi connectivity index (χ3n) is 5.71. The number of pyridine rings is 1. The van der Waals surface area contributed by atoms with Gasteiger partial charge in [-0.1, -0.05) is 12.1 Å². The molecule has 1 fully saturated rings. The van der Waals surface area contributed by atoms with Crippen LogP contribution in [0.2, 0.25) is 0 Å². The number of methoxy groups -OCH3 is 1. The highest BCUT2D eigenvalue weighted by molar-refractivity contribution is 5.93. The molecule has 174 valence electrons. The van der Waals surface area contributed by atoms with Gasteiger partial charge in [-0.25, -0.2) is 0 Å². The molecule has 0 bridgehead atoms. The summed E-state index contributed by atoms with van der Waals surface area (Å²) in [7, 11) is 1.72. The zero-order valence-electron chi connectivity index (χ0n) is 19.1. The number of benzene rings is 2. The quantitative estimate of drug-likeness (QED) is 0.410. The molecule has 0 aliphatic carbocycles. The van der Waals surface area contributed by atoms with Crippen molar-refractivity contribution >= 4 is 29.0 Å². The van der Waals surface area contributed by atoms with Crippen LogP contribution in [0, 0.1) is 18.3 Å². The standard InChI is InChI=1S/C26H29N3O3.ClH/c1-19-14-26(29-11-10-23(17-29)31-13-3-12-30-2)24-9-8-22(15-25(24)28-19)32-18-21-6-4-20(16-27)5-7-21;/h4-9,14-15,23H,3,10-13,17-18H2,1-2H3;1H. The maximum Gasteiger partial charge on any atom is 0.122 e. The van der Waals surface area contributed by atoms with Gasteiger partial charge in [-0.2, -0.15) is 5.26 Å². The van der Waals surface area contributed by atoms with Gasteiger partial charge in [0.25, 0.3) is 0 Å². The molecular weight excluding hydrogens is 438 g/mol. The molecule has 0 radical (unpaired) electrons. The number of anilines is 1. The molecule has 6 nitrogen and oxygen atoms in total. The van der Waals surface area contributed by atoms with Gasteiger partial charge in [0.1, 0.15) is 12.4 Å². The van der Waals surface area contributed by atoms with Crippen LogP contribution in [0.3, 0.4) is 0 Å². The van der Waals surface area contributed by atoms with E-state index < -0.39 is 0 Å². The van der Waals surface area contributed by atoms with Gasteiger partial charge in [0.2, 0.25) is 0 Å². The van der Waals surface area contributed by atoms with Gasteiger partial charge in [-0.15, -0.1) is 12.4 Å². The molecule has 0 spiro atoms. The monoisotopic (exact) mass is 467 g/mol. The van der Waals surface area contributed by atoms with Gasteiger partial charge < -0.3 is 19.1 Å². The molecule has 1 saturated heterocycles. The fourth-order valence-electron chi connectivity index (χ4n) is 4.05. The maximum atomic E-state index is 8.93. The number of nitrogens with zero attached hydrogens (tertiary/aromatic N) is 3. The van der Waals surface area contributed by atoms with Crippen LogP contribution in [0.5, 0.6) is 5.75 Å². The molecule has 33 heavy (non-hydrogen) atoms. The smallest absolute Gasteiger partial charge is 0.122 e. The van der Waals surface area contributed by atoms with Crippen molar-refractivity contribution in [3.8, 4) is 11.8 Å². The van der Waals surface area contributed by atoms with E-state index >= 15 is 0 Å². The van der Waals surface area contributed by atoms with Crippen LogP contribution in [0.4, 0.5) is 5.69 Å². The van der Waals surface area contributed by atoms with Crippen molar-refractivity contribution in [3.63, 3.8) is 0 Å². The van der Waals surface area contributed by atoms with Crippen LogP contribution in [0.1, 0.15) is 29.7 Å². The Labute approximate surface area is 201 Å². The summed E-state index contributed by atoms with van der Waals surface area (Å²) in [6, 6.07) is 17.8.